The largest absolute Gasteiger partial charge is 0.462 e. The number of para-hydroxylation sites is 2. The van der Waals surface area contributed by atoms with Crippen molar-refractivity contribution in [2.75, 3.05) is 11.5 Å². The van der Waals surface area contributed by atoms with Crippen LogP contribution < -0.4 is 21.0 Å². The van der Waals surface area contributed by atoms with Crippen molar-refractivity contribution in [1.29, 1.82) is 0 Å². The third kappa shape index (κ3) is 2.50. The second kappa shape index (κ2) is 7.10. The average molecular weight is 485 g/mol. The first-order valence-corrected chi connectivity index (χ1v) is 11.7. The molecular weight excluding hydrogens is 460 g/mol. The van der Waals surface area contributed by atoms with Crippen molar-refractivity contribution in [2.24, 2.45) is 5.73 Å². The Morgan fingerprint density at radius 3 is 2.61 bits per heavy atom. The van der Waals surface area contributed by atoms with Crippen LogP contribution in [0.4, 0.5) is 5.69 Å². The van der Waals surface area contributed by atoms with Gasteiger partial charge in [-0.2, -0.15) is 0 Å². The Morgan fingerprint density at radius 1 is 1.11 bits per heavy atom. The molecule has 8 nitrogen and oxygen atoms in total. The van der Waals surface area contributed by atoms with Gasteiger partial charge in [-0.3, -0.25) is 4.79 Å². The van der Waals surface area contributed by atoms with Crippen LogP contribution in [-0.4, -0.2) is 24.0 Å². The second-order valence-corrected chi connectivity index (χ2v) is 9.72. The predicted octanol–water partition coefficient (Wildman–Crippen LogP) is 3.75. The maximum Gasteiger partial charge on any atom is 0.345 e. The molecule has 3 aliphatic rings. The molecule has 0 fully saturated rings. The summed E-state index contributed by atoms with van der Waals surface area (Å²) in [5.74, 6) is -1.51. The fourth-order valence-electron chi connectivity index (χ4n) is 5.97. The summed E-state index contributed by atoms with van der Waals surface area (Å²) in [6, 6.07) is 12.3. The number of fused-ring (bicyclic) bond motifs is 5. The molecule has 0 saturated heterocycles. The van der Waals surface area contributed by atoms with Crippen LogP contribution in [0.25, 0.3) is 16.5 Å². The quantitative estimate of drug-likeness (QED) is 0.436. The van der Waals surface area contributed by atoms with Crippen molar-refractivity contribution in [3.63, 3.8) is 0 Å². The zero-order valence-electron chi connectivity index (χ0n) is 20.3. The van der Waals surface area contributed by atoms with Crippen LogP contribution in [0, 0.1) is 0 Å². The van der Waals surface area contributed by atoms with Crippen LogP contribution >= 0.6 is 0 Å². The van der Waals surface area contributed by atoms with E-state index < -0.39 is 28.5 Å². The molecule has 6 rings (SSSR count). The van der Waals surface area contributed by atoms with E-state index in [9.17, 15) is 14.4 Å². The number of ether oxygens (including phenoxy) is 2. The smallest absolute Gasteiger partial charge is 0.345 e. The summed E-state index contributed by atoms with van der Waals surface area (Å²) >= 11 is 0. The lowest BCUT2D eigenvalue weighted by molar-refractivity contribution is -0.141. The van der Waals surface area contributed by atoms with Crippen molar-refractivity contribution in [1.82, 2.24) is 0 Å². The van der Waals surface area contributed by atoms with E-state index in [0.29, 0.717) is 16.6 Å². The summed E-state index contributed by atoms with van der Waals surface area (Å²) in [7, 11) is 0. The predicted molar refractivity (Wildman–Crippen MR) is 133 cm³/mol. The molecule has 182 valence electrons. The van der Waals surface area contributed by atoms with Gasteiger partial charge in [-0.15, -0.1) is 0 Å². The Labute approximate surface area is 206 Å². The van der Waals surface area contributed by atoms with Gasteiger partial charge in [0, 0.05) is 11.1 Å². The van der Waals surface area contributed by atoms with E-state index in [2.05, 4.69) is 0 Å². The van der Waals surface area contributed by atoms with E-state index in [4.69, 9.17) is 19.6 Å². The minimum atomic E-state index is -1.91. The molecule has 1 amide bonds. The van der Waals surface area contributed by atoms with Crippen molar-refractivity contribution < 1.29 is 23.5 Å². The number of anilines is 1. The van der Waals surface area contributed by atoms with E-state index in [1.807, 2.05) is 32.9 Å². The first kappa shape index (κ1) is 22.2. The summed E-state index contributed by atoms with van der Waals surface area (Å²) in [5, 5.41) is 0.463. The summed E-state index contributed by atoms with van der Waals surface area (Å²) in [6.45, 7) is 7.49. The highest BCUT2D eigenvalue weighted by Gasteiger charge is 2.65. The third-order valence-corrected chi connectivity index (χ3v) is 7.21. The molecular formula is C28H24N2O6. The van der Waals surface area contributed by atoms with E-state index in [1.54, 1.807) is 48.2 Å². The van der Waals surface area contributed by atoms with E-state index >= 15 is 0 Å². The van der Waals surface area contributed by atoms with Gasteiger partial charge in [0.1, 0.15) is 22.1 Å². The molecule has 36 heavy (non-hydrogen) atoms. The van der Waals surface area contributed by atoms with Crippen molar-refractivity contribution >= 4 is 34.1 Å². The second-order valence-electron chi connectivity index (χ2n) is 9.72. The molecule has 1 aromatic heterocycles. The zero-order chi connectivity index (χ0) is 25.6. The fourth-order valence-corrected chi connectivity index (χ4v) is 5.97. The first-order valence-electron chi connectivity index (χ1n) is 11.7. The molecule has 2 aromatic carbocycles. The Bertz CT molecular complexity index is 1640. The number of carbonyl (C=O) groups is 2. The Hall–Kier alpha value is -4.33. The maximum absolute atomic E-state index is 14.8. The highest BCUT2D eigenvalue weighted by Crippen LogP contribution is 2.59. The number of amides is 1. The molecule has 8 heteroatoms. The molecule has 4 heterocycles. The monoisotopic (exact) mass is 484 g/mol. The number of benzene rings is 2. The molecule has 0 radical (unpaired) electrons. The molecule has 0 saturated carbocycles. The van der Waals surface area contributed by atoms with Gasteiger partial charge in [-0.25, -0.2) is 9.59 Å². The van der Waals surface area contributed by atoms with E-state index in [0.717, 1.165) is 11.1 Å². The van der Waals surface area contributed by atoms with Crippen LogP contribution in [0.5, 0.6) is 5.75 Å². The fraction of sp³-hybridized carbons (Fsp3) is 0.250. The minimum Gasteiger partial charge on any atom is -0.462 e. The lowest BCUT2D eigenvalue weighted by atomic mass is 9.68. The Balaban J connectivity index is 1.83. The number of rotatable bonds is 2. The molecule has 1 atom stereocenters. The van der Waals surface area contributed by atoms with Crippen LogP contribution in [-0.2, 0) is 19.7 Å². The van der Waals surface area contributed by atoms with Crippen LogP contribution in [0.1, 0.15) is 44.4 Å². The number of hydrogen-bond acceptors (Lipinski definition) is 7. The lowest BCUT2D eigenvalue weighted by Gasteiger charge is -2.40. The lowest BCUT2D eigenvalue weighted by Crippen LogP contribution is -2.55. The molecule has 2 N–H and O–H groups in total. The van der Waals surface area contributed by atoms with Crippen molar-refractivity contribution in [3.8, 4) is 5.75 Å². The van der Waals surface area contributed by atoms with Crippen LogP contribution in [0.2, 0.25) is 0 Å². The molecule has 3 aromatic rings. The highest BCUT2D eigenvalue weighted by molar-refractivity contribution is 6.21. The van der Waals surface area contributed by atoms with Crippen LogP contribution in [0.15, 0.2) is 69.2 Å². The SMILES string of the molecule is CCOC(=O)C1=C(N)Oc2c(c(=O)oc3ccccc23)[C@]12C(=O)N1c3c(cccc32)C(C)=CC1(C)C. The molecule has 0 aliphatic carbocycles. The van der Waals surface area contributed by atoms with Gasteiger partial charge >= 0.3 is 11.6 Å². The van der Waals surface area contributed by atoms with Gasteiger partial charge in [-0.05, 0) is 45.4 Å². The van der Waals surface area contributed by atoms with Gasteiger partial charge in [0.25, 0.3) is 0 Å². The highest BCUT2D eigenvalue weighted by atomic mass is 16.5. The number of nitrogens with two attached hydrogens (primary N) is 1. The van der Waals surface area contributed by atoms with Crippen molar-refractivity contribution in [3.05, 3.63) is 87.1 Å². The Morgan fingerprint density at radius 2 is 1.86 bits per heavy atom. The normalized spacial score (nSPS) is 21.3. The molecule has 1 spiro atoms. The summed E-state index contributed by atoms with van der Waals surface area (Å²) in [6.07, 6.45) is 2.00. The van der Waals surface area contributed by atoms with Gasteiger partial charge in [0.05, 0.1) is 23.2 Å². The van der Waals surface area contributed by atoms with E-state index in [-0.39, 0.29) is 35.0 Å². The van der Waals surface area contributed by atoms with E-state index in [1.165, 1.54) is 0 Å². The molecule has 0 bridgehead atoms. The van der Waals surface area contributed by atoms with Gasteiger partial charge < -0.3 is 24.5 Å². The van der Waals surface area contributed by atoms with Gasteiger partial charge in [-0.1, -0.05) is 36.4 Å². The number of hydrogen-bond donors (Lipinski definition) is 1. The number of esters is 1. The van der Waals surface area contributed by atoms with Gasteiger partial charge in [0.15, 0.2) is 5.75 Å². The first-order chi connectivity index (χ1) is 17.1. The summed E-state index contributed by atoms with van der Waals surface area (Å²) < 4.78 is 17.0. The van der Waals surface area contributed by atoms with Crippen molar-refractivity contribution in [2.45, 2.75) is 38.6 Å². The maximum atomic E-state index is 14.8. The third-order valence-electron chi connectivity index (χ3n) is 7.21. The zero-order valence-corrected chi connectivity index (χ0v) is 20.3. The molecule has 0 unspecified atom stereocenters. The standard InChI is InChI=1S/C28H24N2O6/c1-5-34-24(31)20-23(29)36-22-16-9-6-7-12-18(16)35-25(32)19(22)28(20)17-11-8-10-15-14(2)13-27(3,4)30(21(15)17)26(28)33/h6-13H,5,29H2,1-4H3/t28-/m0/s1. The number of allylic oxidation sites excluding steroid dienone is 1. The summed E-state index contributed by atoms with van der Waals surface area (Å²) in [5.41, 5.74) is 5.84. The number of nitrogens with zero attached hydrogens (tertiary/aromatic N) is 1. The molecule has 3 aliphatic heterocycles. The number of carbonyl (C=O) groups excluding carboxylic acids is 2. The summed E-state index contributed by atoms with van der Waals surface area (Å²) in [4.78, 5) is 43.6. The van der Waals surface area contributed by atoms with Crippen LogP contribution in [0.3, 0.4) is 0 Å². The average Bonchev–Trinajstić information content (AvgIpc) is 3.07. The minimum absolute atomic E-state index is 0.0435. The Kier molecular flexibility index (Phi) is 4.37. The topological polar surface area (TPSA) is 112 Å². The van der Waals surface area contributed by atoms with Gasteiger partial charge in [0.2, 0.25) is 11.8 Å².